The molecule has 0 fully saturated rings. The lowest BCUT2D eigenvalue weighted by Crippen LogP contribution is -2.12. The Balaban J connectivity index is 1.94. The first-order chi connectivity index (χ1) is 11.2. The van der Waals surface area contributed by atoms with E-state index >= 15 is 0 Å². The second kappa shape index (κ2) is 6.18. The van der Waals surface area contributed by atoms with Crippen LogP contribution in [0, 0.1) is 0 Å². The van der Waals surface area contributed by atoms with Crippen LogP contribution in [0.25, 0.3) is 5.69 Å². The maximum absolute atomic E-state index is 9.97. The number of nitrogens with two attached hydrogens (primary N) is 1. The van der Waals surface area contributed by atoms with Crippen LogP contribution in [0.5, 0.6) is 11.5 Å². The van der Waals surface area contributed by atoms with E-state index in [1.807, 2.05) is 34.9 Å². The molecular formula is C16H15N5O2. The lowest BCUT2D eigenvalue weighted by molar-refractivity contribution is 0.450. The molecule has 0 unspecified atom stereocenters. The first-order valence-corrected chi connectivity index (χ1v) is 6.92. The number of phenolic OH excluding ortho intramolecular Hbond substituents is 2. The second-order valence-corrected chi connectivity index (χ2v) is 4.91. The van der Waals surface area contributed by atoms with Crippen molar-refractivity contribution < 1.29 is 10.2 Å². The van der Waals surface area contributed by atoms with Crippen molar-refractivity contribution in [3.8, 4) is 17.2 Å². The van der Waals surface area contributed by atoms with Gasteiger partial charge in [-0.3, -0.25) is 4.57 Å². The summed E-state index contributed by atoms with van der Waals surface area (Å²) >= 11 is 0. The first kappa shape index (κ1) is 14.6. The summed E-state index contributed by atoms with van der Waals surface area (Å²) in [5, 5.41) is 31.1. The Bertz CT molecular complexity index is 843. The highest BCUT2D eigenvalue weighted by molar-refractivity contribution is 6.03. The molecule has 7 heteroatoms. The molecule has 0 atom stereocenters. The largest absolute Gasteiger partial charge is 0.508 e. The van der Waals surface area contributed by atoms with E-state index in [9.17, 15) is 10.2 Å². The zero-order chi connectivity index (χ0) is 16.2. The molecule has 3 aromatic rings. The fourth-order valence-corrected chi connectivity index (χ4v) is 2.31. The van der Waals surface area contributed by atoms with E-state index in [1.165, 1.54) is 12.1 Å². The van der Waals surface area contributed by atoms with Gasteiger partial charge in [0, 0.05) is 17.3 Å². The van der Waals surface area contributed by atoms with E-state index in [2.05, 4.69) is 15.3 Å². The van der Waals surface area contributed by atoms with E-state index in [0.717, 1.165) is 5.69 Å². The summed E-state index contributed by atoms with van der Waals surface area (Å²) < 4.78 is 1.82. The fourth-order valence-electron chi connectivity index (χ4n) is 2.31. The van der Waals surface area contributed by atoms with E-state index in [-0.39, 0.29) is 17.9 Å². The number of phenols is 2. The van der Waals surface area contributed by atoms with Crippen molar-refractivity contribution in [2.45, 2.75) is 6.42 Å². The number of benzene rings is 2. The molecule has 0 radical (unpaired) electrons. The Morgan fingerprint density at radius 2 is 1.91 bits per heavy atom. The molecule has 7 nitrogen and oxygen atoms in total. The van der Waals surface area contributed by atoms with Crippen molar-refractivity contribution in [2.24, 2.45) is 10.9 Å². The molecule has 1 aromatic heterocycles. The van der Waals surface area contributed by atoms with Crippen LogP contribution in [0.15, 0.2) is 60.0 Å². The van der Waals surface area contributed by atoms with Crippen molar-refractivity contribution in [1.82, 2.24) is 14.8 Å². The van der Waals surface area contributed by atoms with Crippen molar-refractivity contribution >= 4 is 5.71 Å². The Morgan fingerprint density at radius 3 is 2.61 bits per heavy atom. The highest BCUT2D eigenvalue weighted by Gasteiger charge is 2.15. The Morgan fingerprint density at radius 1 is 1.13 bits per heavy atom. The van der Waals surface area contributed by atoms with Gasteiger partial charge in [0.05, 0.1) is 12.1 Å². The van der Waals surface area contributed by atoms with Gasteiger partial charge in [0.15, 0.2) is 0 Å². The Hall–Kier alpha value is -3.35. The van der Waals surface area contributed by atoms with E-state index in [0.29, 0.717) is 17.1 Å². The summed E-state index contributed by atoms with van der Waals surface area (Å²) in [6, 6.07) is 13.9. The molecule has 116 valence electrons. The standard InChI is InChI=1S/C16H15N5O2/c17-19-14(13-7-6-12(22)8-15(13)23)9-16-20-18-10-21(16)11-4-2-1-3-5-11/h1-8,10,22-23H,9,17H2/b19-14+. The number of hydrogen-bond donors (Lipinski definition) is 3. The van der Waals surface area contributed by atoms with Crippen LogP contribution in [0.1, 0.15) is 11.4 Å². The predicted molar refractivity (Wildman–Crippen MR) is 85.6 cm³/mol. The van der Waals surface area contributed by atoms with Gasteiger partial charge in [-0.25, -0.2) is 0 Å². The Labute approximate surface area is 132 Å². The van der Waals surface area contributed by atoms with Gasteiger partial charge in [0.1, 0.15) is 23.7 Å². The van der Waals surface area contributed by atoms with Crippen LogP contribution in [-0.4, -0.2) is 30.7 Å². The minimum absolute atomic E-state index is 0.0323. The van der Waals surface area contributed by atoms with Gasteiger partial charge in [-0.2, -0.15) is 5.10 Å². The van der Waals surface area contributed by atoms with E-state index in [1.54, 1.807) is 12.4 Å². The van der Waals surface area contributed by atoms with Gasteiger partial charge in [0.25, 0.3) is 0 Å². The zero-order valence-corrected chi connectivity index (χ0v) is 12.2. The maximum Gasteiger partial charge on any atom is 0.143 e. The fraction of sp³-hybridized carbons (Fsp3) is 0.0625. The van der Waals surface area contributed by atoms with Gasteiger partial charge in [0.2, 0.25) is 0 Å². The number of nitrogens with zero attached hydrogens (tertiary/aromatic N) is 4. The van der Waals surface area contributed by atoms with E-state index < -0.39 is 0 Å². The molecular weight excluding hydrogens is 294 g/mol. The minimum atomic E-state index is -0.0972. The summed E-state index contributed by atoms with van der Waals surface area (Å²) in [4.78, 5) is 0. The first-order valence-electron chi connectivity index (χ1n) is 6.92. The van der Waals surface area contributed by atoms with Crippen LogP contribution >= 0.6 is 0 Å². The predicted octanol–water partition coefficient (Wildman–Crippen LogP) is 1.58. The molecule has 4 N–H and O–H groups in total. The van der Waals surface area contributed by atoms with Crippen LogP contribution in [0.4, 0.5) is 0 Å². The second-order valence-electron chi connectivity index (χ2n) is 4.91. The lowest BCUT2D eigenvalue weighted by Gasteiger charge is -2.09. The maximum atomic E-state index is 9.97. The highest BCUT2D eigenvalue weighted by atomic mass is 16.3. The molecule has 0 saturated carbocycles. The Kier molecular flexibility index (Phi) is 3.92. The molecule has 0 aliphatic rings. The number of para-hydroxylation sites is 1. The van der Waals surface area contributed by atoms with Crippen LogP contribution in [-0.2, 0) is 6.42 Å². The molecule has 0 aliphatic carbocycles. The number of aromatic hydroxyl groups is 2. The molecule has 0 aliphatic heterocycles. The normalized spacial score (nSPS) is 11.6. The number of hydrogen-bond acceptors (Lipinski definition) is 6. The molecule has 2 aromatic carbocycles. The summed E-state index contributed by atoms with van der Waals surface area (Å²) in [5.41, 5.74) is 1.79. The lowest BCUT2D eigenvalue weighted by atomic mass is 10.1. The van der Waals surface area contributed by atoms with Gasteiger partial charge in [-0.15, -0.1) is 10.2 Å². The molecule has 0 spiro atoms. The number of hydrazone groups is 1. The number of aromatic nitrogens is 3. The van der Waals surface area contributed by atoms with Gasteiger partial charge in [-0.05, 0) is 24.3 Å². The molecule has 0 saturated heterocycles. The monoisotopic (exact) mass is 309 g/mol. The third kappa shape index (κ3) is 2.98. The van der Waals surface area contributed by atoms with Crippen LogP contribution in [0.2, 0.25) is 0 Å². The summed E-state index contributed by atoms with van der Waals surface area (Å²) in [6.45, 7) is 0. The zero-order valence-electron chi connectivity index (χ0n) is 12.2. The topological polar surface area (TPSA) is 110 Å². The average Bonchev–Trinajstić information content (AvgIpc) is 3.02. The smallest absolute Gasteiger partial charge is 0.143 e. The number of rotatable bonds is 4. The third-order valence-corrected chi connectivity index (χ3v) is 3.43. The van der Waals surface area contributed by atoms with Crippen molar-refractivity contribution in [2.75, 3.05) is 0 Å². The van der Waals surface area contributed by atoms with Crippen molar-refractivity contribution in [3.05, 3.63) is 66.2 Å². The summed E-state index contributed by atoms with van der Waals surface area (Å²) in [7, 11) is 0. The molecule has 1 heterocycles. The SMILES string of the molecule is N/N=C(\Cc1nncn1-c1ccccc1)c1ccc(O)cc1O. The van der Waals surface area contributed by atoms with Crippen LogP contribution in [0.3, 0.4) is 0 Å². The molecule has 23 heavy (non-hydrogen) atoms. The summed E-state index contributed by atoms with van der Waals surface area (Å²) in [6.07, 6.45) is 1.89. The van der Waals surface area contributed by atoms with Gasteiger partial charge < -0.3 is 16.1 Å². The summed E-state index contributed by atoms with van der Waals surface area (Å²) in [5.74, 6) is 5.98. The van der Waals surface area contributed by atoms with Gasteiger partial charge in [-0.1, -0.05) is 18.2 Å². The quantitative estimate of drug-likeness (QED) is 0.385. The van der Waals surface area contributed by atoms with Crippen molar-refractivity contribution in [1.29, 1.82) is 0 Å². The average molecular weight is 309 g/mol. The molecule has 3 rings (SSSR count). The highest BCUT2D eigenvalue weighted by Crippen LogP contribution is 2.24. The van der Waals surface area contributed by atoms with Gasteiger partial charge >= 0.3 is 0 Å². The third-order valence-electron chi connectivity index (χ3n) is 3.43. The van der Waals surface area contributed by atoms with E-state index in [4.69, 9.17) is 5.84 Å². The van der Waals surface area contributed by atoms with Crippen molar-refractivity contribution in [3.63, 3.8) is 0 Å². The molecule has 0 amide bonds. The van der Waals surface area contributed by atoms with Crippen LogP contribution < -0.4 is 5.84 Å². The molecule has 0 bridgehead atoms. The minimum Gasteiger partial charge on any atom is -0.508 e.